The molecule has 0 spiro atoms. The number of rotatable bonds is 6. The Bertz CT molecular complexity index is 2500. The van der Waals surface area contributed by atoms with Gasteiger partial charge in [-0.25, -0.2) is 10.1 Å². The van der Waals surface area contributed by atoms with Gasteiger partial charge in [0.15, 0.2) is 0 Å². The molecule has 228 valence electrons. The van der Waals surface area contributed by atoms with E-state index in [1.54, 1.807) is 10.9 Å². The minimum absolute atomic E-state index is 0. The number of furan rings is 2. The largest absolute Gasteiger partial charge is 2.00 e. The summed E-state index contributed by atoms with van der Waals surface area (Å²) in [7, 11) is 1.90. The number of anilines is 3. The Balaban J connectivity index is 0.00000324. The van der Waals surface area contributed by atoms with Crippen molar-refractivity contribution >= 4 is 61.1 Å². The average molecular weight is 792 g/mol. The van der Waals surface area contributed by atoms with Gasteiger partial charge in [0, 0.05) is 47.5 Å². The van der Waals surface area contributed by atoms with Crippen molar-refractivity contribution in [1.82, 2.24) is 14.8 Å². The Kier molecular flexibility index (Phi) is 7.11. The molecule has 0 unspecified atom stereocenters. The van der Waals surface area contributed by atoms with Crippen LogP contribution in [0, 0.1) is 12.1 Å². The molecule has 5 aromatic carbocycles. The molecule has 0 aliphatic heterocycles. The Morgan fingerprint density at radius 2 is 1.45 bits per heavy atom. The fourth-order valence-corrected chi connectivity index (χ4v) is 6.00. The molecule has 9 aromatic rings. The van der Waals surface area contributed by atoms with Crippen LogP contribution in [0.5, 0.6) is 11.5 Å². The third kappa shape index (κ3) is 4.96. The number of ether oxygens (including phenoxy) is 1. The maximum Gasteiger partial charge on any atom is 2.00 e. The molecule has 4 heterocycles. The van der Waals surface area contributed by atoms with Crippen molar-refractivity contribution in [2.75, 3.05) is 4.90 Å². The van der Waals surface area contributed by atoms with E-state index in [2.05, 4.69) is 28.3 Å². The van der Waals surface area contributed by atoms with Gasteiger partial charge in [-0.3, -0.25) is 4.68 Å². The first-order chi connectivity index (χ1) is 22.7. The van der Waals surface area contributed by atoms with Crippen molar-refractivity contribution in [2.45, 2.75) is 0 Å². The molecule has 0 N–H and O–H groups in total. The molecule has 47 heavy (non-hydrogen) atoms. The summed E-state index contributed by atoms with van der Waals surface area (Å²) in [6, 6.07) is 44.9. The van der Waals surface area contributed by atoms with Gasteiger partial charge in [0.05, 0.1) is 11.3 Å². The zero-order valence-electron chi connectivity index (χ0n) is 25.0. The standard InChI is InChI=1S/C39H24N4O3.Pt/c1-42-20-18-31(41-42)25-21-30-28-13-5-7-15-32(28)46-39(30)36(22-25)45-35-24-27(23-34-38(35)29-14-6-8-16-33(29)44-34)43(26-11-3-2-4-12-26)37-17-9-10-19-40-37;/h2-21,23H,1H3;/q-2;+2. The van der Waals surface area contributed by atoms with Gasteiger partial charge in [-0.15, -0.1) is 23.8 Å². The summed E-state index contributed by atoms with van der Waals surface area (Å²) in [6.45, 7) is 0. The molecule has 9 rings (SSSR count). The van der Waals surface area contributed by atoms with Gasteiger partial charge in [-0.2, -0.15) is 0 Å². The topological polar surface area (TPSA) is 69.5 Å². The quantitative estimate of drug-likeness (QED) is 0.156. The summed E-state index contributed by atoms with van der Waals surface area (Å²) in [5, 5.41) is 8.26. The molecule has 0 amide bonds. The van der Waals surface area contributed by atoms with Crippen LogP contribution in [-0.2, 0) is 28.1 Å². The molecular weight excluding hydrogens is 768 g/mol. The smallest absolute Gasteiger partial charge is 0.498 e. The number of fused-ring (bicyclic) bond motifs is 6. The van der Waals surface area contributed by atoms with Gasteiger partial charge in [-0.05, 0) is 47.2 Å². The van der Waals surface area contributed by atoms with E-state index < -0.39 is 0 Å². The number of aryl methyl sites for hydroxylation is 1. The molecule has 0 saturated heterocycles. The Hall–Kier alpha value is -5.65. The summed E-state index contributed by atoms with van der Waals surface area (Å²) < 4.78 is 21.5. The molecule has 4 aromatic heterocycles. The van der Waals surface area contributed by atoms with Crippen LogP contribution in [0.4, 0.5) is 17.2 Å². The van der Waals surface area contributed by atoms with Crippen molar-refractivity contribution in [3.63, 3.8) is 0 Å². The number of hydrogen-bond donors (Lipinski definition) is 0. The first-order valence-corrected chi connectivity index (χ1v) is 14.9. The summed E-state index contributed by atoms with van der Waals surface area (Å²) in [5.41, 5.74) is 5.94. The van der Waals surface area contributed by atoms with Crippen LogP contribution in [0.1, 0.15) is 0 Å². The molecule has 0 atom stereocenters. The molecule has 0 fully saturated rings. The summed E-state index contributed by atoms with van der Waals surface area (Å²) >= 11 is 0. The van der Waals surface area contributed by atoms with E-state index in [-0.39, 0.29) is 21.1 Å². The first-order valence-electron chi connectivity index (χ1n) is 14.9. The molecule has 0 saturated carbocycles. The van der Waals surface area contributed by atoms with Crippen molar-refractivity contribution in [2.24, 2.45) is 7.05 Å². The Morgan fingerprint density at radius 3 is 2.21 bits per heavy atom. The molecule has 0 bridgehead atoms. The summed E-state index contributed by atoms with van der Waals surface area (Å²) in [6.07, 6.45) is 3.69. The fraction of sp³-hybridized carbons (Fsp3) is 0.0256. The number of aromatic nitrogens is 3. The third-order valence-electron chi connectivity index (χ3n) is 8.06. The number of nitrogens with zero attached hydrogens (tertiary/aromatic N) is 4. The van der Waals surface area contributed by atoms with Gasteiger partial charge in [0.25, 0.3) is 0 Å². The molecule has 0 radical (unpaired) electrons. The minimum atomic E-state index is 0. The summed E-state index contributed by atoms with van der Waals surface area (Å²) in [5.74, 6) is 1.64. The van der Waals surface area contributed by atoms with Gasteiger partial charge >= 0.3 is 21.1 Å². The van der Waals surface area contributed by atoms with Crippen molar-refractivity contribution in [3.05, 3.63) is 140 Å². The van der Waals surface area contributed by atoms with E-state index in [9.17, 15) is 0 Å². The van der Waals surface area contributed by atoms with Crippen LogP contribution < -0.4 is 9.64 Å². The SMILES string of the molecule is Cn1ccc(-c2[c-]c(Oc3[c-]c(N(c4ccccc4)c4ccccn4)cc4oc5ccccc5c34)c3oc4ccccc4c3c2)n1.[Pt+2]. The van der Waals surface area contributed by atoms with Gasteiger partial charge in [-0.1, -0.05) is 83.9 Å². The van der Waals surface area contributed by atoms with E-state index in [1.165, 1.54) is 0 Å². The predicted molar refractivity (Wildman–Crippen MR) is 180 cm³/mol. The Labute approximate surface area is 283 Å². The van der Waals surface area contributed by atoms with Crippen molar-refractivity contribution in [3.8, 4) is 22.8 Å². The number of para-hydroxylation sites is 3. The molecule has 0 aliphatic rings. The first kappa shape index (κ1) is 28.8. The molecular formula is C39H24N4O3Pt. The number of benzene rings is 5. The maximum atomic E-state index is 6.89. The number of hydrogen-bond acceptors (Lipinski definition) is 6. The van der Waals surface area contributed by atoms with Crippen LogP contribution in [0.2, 0.25) is 0 Å². The second-order valence-corrected chi connectivity index (χ2v) is 11.0. The molecule has 7 nitrogen and oxygen atoms in total. The minimum Gasteiger partial charge on any atom is -0.498 e. The second-order valence-electron chi connectivity index (χ2n) is 11.0. The zero-order valence-corrected chi connectivity index (χ0v) is 27.2. The predicted octanol–water partition coefficient (Wildman–Crippen LogP) is 10.1. The van der Waals surface area contributed by atoms with Crippen LogP contribution in [0.25, 0.3) is 55.1 Å². The average Bonchev–Trinajstić information content (AvgIpc) is 3.81. The number of pyridine rings is 1. The third-order valence-corrected chi connectivity index (χ3v) is 8.06. The van der Waals surface area contributed by atoms with Crippen molar-refractivity contribution in [1.29, 1.82) is 0 Å². The van der Waals surface area contributed by atoms with Gasteiger partial charge in [0.1, 0.15) is 17.0 Å². The van der Waals surface area contributed by atoms with Gasteiger partial charge < -0.3 is 18.5 Å². The molecule has 8 heteroatoms. The van der Waals surface area contributed by atoms with E-state index in [0.29, 0.717) is 28.4 Å². The molecule has 0 aliphatic carbocycles. The van der Waals surface area contributed by atoms with Crippen molar-refractivity contribution < 1.29 is 34.6 Å². The summed E-state index contributed by atoms with van der Waals surface area (Å²) in [4.78, 5) is 6.72. The van der Waals surface area contributed by atoms with Crippen LogP contribution in [0.15, 0.2) is 136 Å². The fourth-order valence-electron chi connectivity index (χ4n) is 6.00. The maximum absolute atomic E-state index is 6.89. The van der Waals surface area contributed by atoms with E-state index >= 15 is 0 Å². The van der Waals surface area contributed by atoms with E-state index in [1.807, 2.05) is 127 Å². The van der Waals surface area contributed by atoms with Gasteiger partial charge in [0.2, 0.25) is 0 Å². The van der Waals surface area contributed by atoms with Crippen LogP contribution in [0.3, 0.4) is 0 Å². The normalized spacial score (nSPS) is 11.3. The second kappa shape index (κ2) is 11.6. The zero-order chi connectivity index (χ0) is 30.6. The van der Waals surface area contributed by atoms with E-state index in [4.69, 9.17) is 13.6 Å². The Morgan fingerprint density at radius 1 is 0.702 bits per heavy atom. The monoisotopic (exact) mass is 791 g/mol. The van der Waals surface area contributed by atoms with Crippen LogP contribution in [-0.4, -0.2) is 14.8 Å². The van der Waals surface area contributed by atoms with Crippen LogP contribution >= 0.6 is 0 Å². The van der Waals surface area contributed by atoms with E-state index in [0.717, 1.165) is 55.5 Å².